The molecule has 4 N–H and O–H groups in total. The van der Waals surface area contributed by atoms with Crippen molar-refractivity contribution in [2.75, 3.05) is 46.6 Å². The highest BCUT2D eigenvalue weighted by molar-refractivity contribution is 5.89. The standard InChI is InChI=1S/C8H8O3.C6H15NO3/c1-11-8(10)6-2-4-7(9)5-3-6;8-4-1-7(2-5-9)3-6-10/h2-5,9H,1H3;8-10H,1-6H2. The van der Waals surface area contributed by atoms with Crippen molar-refractivity contribution in [3.8, 4) is 5.75 Å². The van der Waals surface area contributed by atoms with Crippen LogP contribution in [0, 0.1) is 0 Å². The smallest absolute Gasteiger partial charge is 0.337 e. The highest BCUT2D eigenvalue weighted by Crippen LogP contribution is 2.09. The maximum Gasteiger partial charge on any atom is 0.337 e. The molecule has 1 aromatic carbocycles. The van der Waals surface area contributed by atoms with Crippen LogP contribution in [0.2, 0.25) is 0 Å². The lowest BCUT2D eigenvalue weighted by Crippen LogP contribution is -2.32. The molecule has 7 nitrogen and oxygen atoms in total. The lowest BCUT2D eigenvalue weighted by molar-refractivity contribution is 0.0600. The van der Waals surface area contributed by atoms with Crippen LogP contribution in [0.3, 0.4) is 0 Å². The van der Waals surface area contributed by atoms with Crippen molar-refractivity contribution in [1.82, 2.24) is 4.90 Å². The SMILES string of the molecule is COC(=O)c1ccc(O)cc1.OCCN(CCO)CCO. The number of aliphatic hydroxyl groups excluding tert-OH is 3. The molecule has 0 heterocycles. The second-order valence-electron chi connectivity index (χ2n) is 4.05. The number of hydrogen-bond acceptors (Lipinski definition) is 7. The highest BCUT2D eigenvalue weighted by atomic mass is 16.5. The van der Waals surface area contributed by atoms with Gasteiger partial charge in [0.2, 0.25) is 0 Å². The normalized spacial score (nSPS) is 9.95. The molecular formula is C14H23NO6. The summed E-state index contributed by atoms with van der Waals surface area (Å²) >= 11 is 0. The molecule has 7 heteroatoms. The molecule has 0 radical (unpaired) electrons. The number of phenolic OH excluding ortho intramolecular Hbond substituents is 1. The minimum Gasteiger partial charge on any atom is -0.508 e. The van der Waals surface area contributed by atoms with Crippen LogP contribution in [0.4, 0.5) is 0 Å². The Kier molecular flexibility index (Phi) is 11.1. The van der Waals surface area contributed by atoms with Crippen molar-refractivity contribution in [2.24, 2.45) is 0 Å². The van der Waals surface area contributed by atoms with E-state index in [0.717, 1.165) is 0 Å². The highest BCUT2D eigenvalue weighted by Gasteiger charge is 2.02. The predicted octanol–water partition coefficient (Wildman–Crippen LogP) is -0.556. The first-order valence-corrected chi connectivity index (χ1v) is 6.51. The topological polar surface area (TPSA) is 110 Å². The molecule has 0 atom stereocenters. The number of carbonyl (C=O) groups excluding carboxylic acids is 1. The van der Waals surface area contributed by atoms with Crippen molar-refractivity contribution in [3.05, 3.63) is 29.8 Å². The monoisotopic (exact) mass is 301 g/mol. The lowest BCUT2D eigenvalue weighted by atomic mass is 10.2. The maximum atomic E-state index is 10.8. The Balaban J connectivity index is 0.000000384. The first-order valence-electron chi connectivity index (χ1n) is 6.51. The summed E-state index contributed by atoms with van der Waals surface area (Å²) in [5.41, 5.74) is 0.435. The van der Waals surface area contributed by atoms with Crippen LogP contribution in [0.5, 0.6) is 5.75 Å². The fourth-order valence-corrected chi connectivity index (χ4v) is 1.48. The van der Waals surface area contributed by atoms with Crippen LogP contribution >= 0.6 is 0 Å². The summed E-state index contributed by atoms with van der Waals surface area (Å²) in [5.74, 6) is -0.261. The van der Waals surface area contributed by atoms with Crippen LogP contribution in [-0.2, 0) is 4.74 Å². The Morgan fingerprint density at radius 2 is 1.43 bits per heavy atom. The number of carbonyl (C=O) groups is 1. The summed E-state index contributed by atoms with van der Waals surface area (Å²) in [6.45, 7) is 1.75. The van der Waals surface area contributed by atoms with Gasteiger partial charge in [0.25, 0.3) is 0 Å². The number of hydrogen-bond donors (Lipinski definition) is 4. The molecule has 0 spiro atoms. The van der Waals surface area contributed by atoms with E-state index in [9.17, 15) is 4.79 Å². The summed E-state index contributed by atoms with van der Waals surface area (Å²) in [6, 6.07) is 5.88. The van der Waals surface area contributed by atoms with E-state index in [1.165, 1.54) is 31.4 Å². The van der Waals surface area contributed by atoms with E-state index in [1.807, 2.05) is 0 Å². The van der Waals surface area contributed by atoms with E-state index < -0.39 is 5.97 Å². The van der Waals surface area contributed by atoms with Gasteiger partial charge in [-0.2, -0.15) is 0 Å². The first kappa shape index (κ1) is 19.3. The van der Waals surface area contributed by atoms with E-state index in [0.29, 0.717) is 25.2 Å². The number of benzene rings is 1. The molecule has 0 aromatic heterocycles. The van der Waals surface area contributed by atoms with Gasteiger partial charge in [-0.15, -0.1) is 0 Å². The van der Waals surface area contributed by atoms with Crippen molar-refractivity contribution < 1.29 is 30.0 Å². The largest absolute Gasteiger partial charge is 0.508 e. The van der Waals surface area contributed by atoms with Gasteiger partial charge in [0, 0.05) is 19.6 Å². The number of rotatable bonds is 7. The molecule has 21 heavy (non-hydrogen) atoms. The van der Waals surface area contributed by atoms with Crippen LogP contribution in [0.1, 0.15) is 10.4 Å². The third-order valence-corrected chi connectivity index (χ3v) is 2.54. The predicted molar refractivity (Wildman–Crippen MR) is 77.1 cm³/mol. The molecule has 1 aromatic rings. The zero-order chi connectivity index (χ0) is 16.1. The zero-order valence-corrected chi connectivity index (χ0v) is 12.1. The molecule has 0 fully saturated rings. The van der Waals surface area contributed by atoms with E-state index >= 15 is 0 Å². The van der Waals surface area contributed by atoms with Crippen LogP contribution in [0.25, 0.3) is 0 Å². The molecular weight excluding hydrogens is 278 g/mol. The van der Waals surface area contributed by atoms with Crippen molar-refractivity contribution in [3.63, 3.8) is 0 Å². The number of esters is 1. The number of aliphatic hydroxyl groups is 3. The number of methoxy groups -OCH3 is 1. The van der Waals surface area contributed by atoms with Gasteiger partial charge in [-0.05, 0) is 24.3 Å². The third-order valence-electron chi connectivity index (χ3n) is 2.54. The summed E-state index contributed by atoms with van der Waals surface area (Å²) in [6.07, 6.45) is 0. The van der Waals surface area contributed by atoms with E-state index in [2.05, 4.69) is 4.74 Å². The Hall–Kier alpha value is -1.67. The minimum atomic E-state index is -0.398. The number of ether oxygens (including phenoxy) is 1. The Morgan fingerprint density at radius 3 is 1.76 bits per heavy atom. The molecule has 0 bridgehead atoms. The molecule has 0 amide bonds. The van der Waals surface area contributed by atoms with Gasteiger partial charge in [-0.3, -0.25) is 4.90 Å². The Bertz CT molecular complexity index is 367. The van der Waals surface area contributed by atoms with E-state index in [4.69, 9.17) is 20.4 Å². The fraction of sp³-hybridized carbons (Fsp3) is 0.500. The minimum absolute atomic E-state index is 0.0694. The van der Waals surface area contributed by atoms with E-state index in [1.54, 1.807) is 4.90 Å². The van der Waals surface area contributed by atoms with Gasteiger partial charge in [-0.1, -0.05) is 0 Å². The van der Waals surface area contributed by atoms with Gasteiger partial charge in [-0.25, -0.2) is 4.79 Å². The third kappa shape index (κ3) is 8.98. The average Bonchev–Trinajstić information content (AvgIpc) is 2.49. The zero-order valence-electron chi connectivity index (χ0n) is 12.1. The van der Waals surface area contributed by atoms with Gasteiger partial charge in [0.1, 0.15) is 5.75 Å². The molecule has 0 saturated heterocycles. The Labute approximate surface area is 124 Å². The molecule has 0 aliphatic carbocycles. The van der Waals surface area contributed by atoms with Crippen molar-refractivity contribution in [2.45, 2.75) is 0 Å². The van der Waals surface area contributed by atoms with E-state index in [-0.39, 0.29) is 25.6 Å². The summed E-state index contributed by atoms with van der Waals surface area (Å²) in [5, 5.41) is 34.3. The molecule has 0 saturated carbocycles. The molecule has 120 valence electrons. The summed E-state index contributed by atoms with van der Waals surface area (Å²) in [4.78, 5) is 12.6. The van der Waals surface area contributed by atoms with Crippen LogP contribution < -0.4 is 0 Å². The van der Waals surface area contributed by atoms with Gasteiger partial charge < -0.3 is 25.2 Å². The van der Waals surface area contributed by atoms with Crippen molar-refractivity contribution >= 4 is 5.97 Å². The first-order chi connectivity index (χ1) is 10.1. The number of aromatic hydroxyl groups is 1. The molecule has 1 rings (SSSR count). The second-order valence-corrected chi connectivity index (χ2v) is 4.05. The van der Waals surface area contributed by atoms with Gasteiger partial charge in [0.05, 0.1) is 32.5 Å². The van der Waals surface area contributed by atoms with Crippen molar-refractivity contribution in [1.29, 1.82) is 0 Å². The van der Waals surface area contributed by atoms with Crippen LogP contribution in [-0.4, -0.2) is 77.9 Å². The maximum absolute atomic E-state index is 10.8. The quantitative estimate of drug-likeness (QED) is 0.500. The van der Waals surface area contributed by atoms with Gasteiger partial charge >= 0.3 is 5.97 Å². The molecule has 0 aliphatic rings. The molecule has 0 aliphatic heterocycles. The van der Waals surface area contributed by atoms with Gasteiger partial charge in [0.15, 0.2) is 0 Å². The average molecular weight is 301 g/mol. The molecule has 0 unspecified atom stereocenters. The summed E-state index contributed by atoms with van der Waals surface area (Å²) < 4.78 is 4.46. The second kappa shape index (κ2) is 12.1. The Morgan fingerprint density at radius 1 is 1.00 bits per heavy atom. The lowest BCUT2D eigenvalue weighted by Gasteiger charge is -2.17. The number of nitrogens with zero attached hydrogens (tertiary/aromatic N) is 1. The number of phenols is 1. The summed E-state index contributed by atoms with van der Waals surface area (Å²) in [7, 11) is 1.31. The van der Waals surface area contributed by atoms with Crippen LogP contribution in [0.15, 0.2) is 24.3 Å². The fourth-order valence-electron chi connectivity index (χ4n) is 1.48.